The minimum atomic E-state index is -4.78. The molecule has 0 aromatic carbocycles. The number of nitrogens with one attached hydrogen (secondary N) is 1. The highest BCUT2D eigenvalue weighted by Crippen LogP contribution is 2.40. The molecule has 0 radical (unpaired) electrons. The first-order valence-electron chi connectivity index (χ1n) is 8.56. The number of hydrogen-bond acceptors (Lipinski definition) is 7. The molecule has 14 heteroatoms. The van der Waals surface area contributed by atoms with Crippen LogP contribution in [0.1, 0.15) is 41.6 Å². The molecule has 3 heterocycles. The first-order valence-corrected chi connectivity index (χ1v) is 8.56. The number of anilines is 1. The summed E-state index contributed by atoms with van der Waals surface area (Å²) < 4.78 is 83.4. The van der Waals surface area contributed by atoms with Crippen molar-refractivity contribution in [3.05, 3.63) is 47.4 Å². The number of aliphatic imine (C=N–C) groups is 1. The quantitative estimate of drug-likeness (QED) is 0.695. The van der Waals surface area contributed by atoms with Gasteiger partial charge in [-0.3, -0.25) is 9.78 Å². The Balaban J connectivity index is 1.88. The molecule has 1 aliphatic heterocycles. The van der Waals surface area contributed by atoms with Gasteiger partial charge in [0.05, 0.1) is 12.4 Å². The third-order valence-electron chi connectivity index (χ3n) is 4.29. The van der Waals surface area contributed by atoms with Gasteiger partial charge in [-0.05, 0) is 19.1 Å². The number of nitrogens with two attached hydrogens (primary N) is 1. The number of ether oxygens (including phenoxy) is 1. The van der Waals surface area contributed by atoms with Gasteiger partial charge in [-0.25, -0.2) is 28.1 Å². The zero-order valence-electron chi connectivity index (χ0n) is 15.6. The number of carbonyl (C=O) groups is 1. The molecular formula is C17H14F6N6O2. The largest absolute Gasteiger partial charge is 0.452 e. The van der Waals surface area contributed by atoms with E-state index in [0.29, 0.717) is 6.20 Å². The van der Waals surface area contributed by atoms with Crippen molar-refractivity contribution >= 4 is 17.7 Å². The molecule has 0 unspecified atom stereocenters. The molecule has 31 heavy (non-hydrogen) atoms. The summed E-state index contributed by atoms with van der Waals surface area (Å²) in [5, 5.41) is 2.24. The van der Waals surface area contributed by atoms with Gasteiger partial charge in [0.2, 0.25) is 0 Å². The molecule has 3 rings (SSSR count). The molecule has 0 fully saturated rings. The Kier molecular flexibility index (Phi) is 5.74. The maximum Gasteiger partial charge on any atom is 0.425 e. The SMILES string of the molecule is C[C@]1(c2nc(NC(=O)c3cnc(C(F)F)cn3)ccc2F)C[C@@H](C(F)(F)F)OC(N)=N1. The number of rotatable bonds is 4. The van der Waals surface area contributed by atoms with Crippen molar-refractivity contribution < 1.29 is 35.9 Å². The highest BCUT2D eigenvalue weighted by atomic mass is 19.4. The molecule has 0 bridgehead atoms. The molecular weight excluding hydrogens is 434 g/mol. The molecule has 1 aliphatic rings. The van der Waals surface area contributed by atoms with Crippen molar-refractivity contribution in [3.8, 4) is 0 Å². The van der Waals surface area contributed by atoms with E-state index < -0.39 is 59.8 Å². The lowest BCUT2D eigenvalue weighted by Gasteiger charge is -2.35. The third-order valence-corrected chi connectivity index (χ3v) is 4.29. The summed E-state index contributed by atoms with van der Waals surface area (Å²) in [7, 11) is 0. The van der Waals surface area contributed by atoms with Crippen LogP contribution in [0.25, 0.3) is 0 Å². The van der Waals surface area contributed by atoms with Crippen LogP contribution in [0, 0.1) is 5.82 Å². The number of alkyl halides is 5. The molecule has 0 saturated heterocycles. The van der Waals surface area contributed by atoms with E-state index >= 15 is 0 Å². The summed E-state index contributed by atoms with van der Waals surface area (Å²) in [5.74, 6) is -2.14. The first kappa shape index (κ1) is 22.2. The zero-order valence-corrected chi connectivity index (χ0v) is 15.6. The normalized spacial score (nSPS) is 21.4. The van der Waals surface area contributed by atoms with Crippen molar-refractivity contribution in [2.24, 2.45) is 10.7 Å². The Morgan fingerprint density at radius 2 is 2.00 bits per heavy atom. The Hall–Kier alpha value is -3.45. The van der Waals surface area contributed by atoms with Crippen LogP contribution in [-0.2, 0) is 10.3 Å². The van der Waals surface area contributed by atoms with Gasteiger partial charge in [0.15, 0.2) is 6.10 Å². The molecule has 0 aliphatic carbocycles. The molecule has 8 nitrogen and oxygen atoms in total. The molecule has 0 spiro atoms. The number of halogens is 6. The van der Waals surface area contributed by atoms with E-state index in [4.69, 9.17) is 5.73 Å². The minimum Gasteiger partial charge on any atom is -0.452 e. The fourth-order valence-corrected chi connectivity index (χ4v) is 2.83. The Bertz CT molecular complexity index is 1010. The lowest BCUT2D eigenvalue weighted by molar-refractivity contribution is -0.208. The molecule has 0 saturated carbocycles. The van der Waals surface area contributed by atoms with E-state index in [1.54, 1.807) is 0 Å². The summed E-state index contributed by atoms with van der Waals surface area (Å²) in [4.78, 5) is 26.8. The Morgan fingerprint density at radius 1 is 1.29 bits per heavy atom. The Labute approximate surface area is 170 Å². The number of hydrogen-bond donors (Lipinski definition) is 2. The van der Waals surface area contributed by atoms with Crippen LogP contribution in [0.2, 0.25) is 0 Å². The van der Waals surface area contributed by atoms with Gasteiger partial charge in [0.25, 0.3) is 18.4 Å². The van der Waals surface area contributed by atoms with Gasteiger partial charge in [-0.2, -0.15) is 13.2 Å². The third kappa shape index (κ3) is 4.83. The lowest BCUT2D eigenvalue weighted by atomic mass is 9.89. The van der Waals surface area contributed by atoms with E-state index in [-0.39, 0.29) is 11.5 Å². The molecule has 2 atom stereocenters. The van der Waals surface area contributed by atoms with Crippen LogP contribution in [0.3, 0.4) is 0 Å². The monoisotopic (exact) mass is 448 g/mol. The molecule has 1 amide bonds. The summed E-state index contributed by atoms with van der Waals surface area (Å²) in [5.41, 5.74) is 2.02. The fourth-order valence-electron chi connectivity index (χ4n) is 2.83. The Morgan fingerprint density at radius 3 is 2.58 bits per heavy atom. The van der Waals surface area contributed by atoms with E-state index in [1.165, 1.54) is 6.92 Å². The fraction of sp³-hybridized carbons (Fsp3) is 0.353. The second kappa shape index (κ2) is 8.00. The second-order valence-electron chi connectivity index (χ2n) is 6.68. The number of nitrogens with zero attached hydrogens (tertiary/aromatic N) is 4. The van der Waals surface area contributed by atoms with Gasteiger partial charge >= 0.3 is 6.18 Å². The topological polar surface area (TPSA) is 115 Å². The van der Waals surface area contributed by atoms with Crippen LogP contribution >= 0.6 is 0 Å². The average molecular weight is 448 g/mol. The van der Waals surface area contributed by atoms with E-state index in [2.05, 4.69) is 30.0 Å². The molecule has 2 aromatic rings. The van der Waals surface area contributed by atoms with Crippen molar-refractivity contribution in [2.75, 3.05) is 5.32 Å². The number of amidine groups is 1. The highest BCUT2D eigenvalue weighted by molar-refractivity contribution is 6.02. The number of pyridine rings is 1. The van der Waals surface area contributed by atoms with Crippen LogP contribution in [0.5, 0.6) is 0 Å². The maximum absolute atomic E-state index is 14.4. The average Bonchev–Trinajstić information content (AvgIpc) is 2.68. The van der Waals surface area contributed by atoms with Crippen molar-refractivity contribution in [3.63, 3.8) is 0 Å². The smallest absolute Gasteiger partial charge is 0.425 e. The van der Waals surface area contributed by atoms with E-state index in [0.717, 1.165) is 18.3 Å². The summed E-state index contributed by atoms with van der Waals surface area (Å²) in [6.45, 7) is 1.19. The van der Waals surface area contributed by atoms with E-state index in [1.807, 2.05) is 0 Å². The van der Waals surface area contributed by atoms with Crippen LogP contribution in [0.4, 0.5) is 32.2 Å². The number of aromatic nitrogens is 3. The maximum atomic E-state index is 14.4. The minimum absolute atomic E-state index is 0.244. The van der Waals surface area contributed by atoms with Crippen molar-refractivity contribution in [2.45, 2.75) is 37.6 Å². The van der Waals surface area contributed by atoms with Crippen LogP contribution in [0.15, 0.2) is 29.5 Å². The van der Waals surface area contributed by atoms with Gasteiger partial charge in [0.1, 0.15) is 34.3 Å². The lowest BCUT2D eigenvalue weighted by Crippen LogP contribution is -2.46. The summed E-state index contributed by atoms with van der Waals surface area (Å²) >= 11 is 0. The van der Waals surface area contributed by atoms with Crippen LogP contribution < -0.4 is 11.1 Å². The zero-order chi connectivity index (χ0) is 23.0. The second-order valence-corrected chi connectivity index (χ2v) is 6.68. The van der Waals surface area contributed by atoms with Crippen LogP contribution in [-0.4, -0.2) is 39.2 Å². The predicted molar refractivity (Wildman–Crippen MR) is 93.7 cm³/mol. The standard InChI is InChI=1S/C17H14F6N6O2/c1-16(4-10(17(21,22)23)31-15(24)29-16)12-7(18)2-3-11(27-12)28-14(30)9-6-25-8(5-26-9)13(19)20/h2-3,5-6,10,13H,4H2,1H3,(H2,24,29)(H,27,28,30)/t10-,16+/m0/s1. The van der Waals surface area contributed by atoms with Crippen molar-refractivity contribution in [1.82, 2.24) is 15.0 Å². The van der Waals surface area contributed by atoms with Gasteiger partial charge < -0.3 is 15.8 Å². The first-order chi connectivity index (χ1) is 14.4. The summed E-state index contributed by atoms with van der Waals surface area (Å²) in [6, 6.07) is 1.13. The van der Waals surface area contributed by atoms with Gasteiger partial charge in [0, 0.05) is 6.42 Å². The predicted octanol–water partition coefficient (Wildman–Crippen LogP) is 3.08. The highest BCUT2D eigenvalue weighted by Gasteiger charge is 2.50. The molecule has 166 valence electrons. The van der Waals surface area contributed by atoms with Crippen molar-refractivity contribution in [1.29, 1.82) is 0 Å². The number of carbonyl (C=O) groups excluding carboxylic acids is 1. The summed E-state index contributed by atoms with van der Waals surface area (Å²) in [6.07, 6.45) is -9.29. The number of amides is 1. The van der Waals surface area contributed by atoms with E-state index in [9.17, 15) is 31.1 Å². The molecule has 3 N–H and O–H groups in total. The molecule has 2 aromatic heterocycles. The van der Waals surface area contributed by atoms with Gasteiger partial charge in [-0.1, -0.05) is 0 Å². The van der Waals surface area contributed by atoms with Gasteiger partial charge in [-0.15, -0.1) is 0 Å².